The maximum Gasteiger partial charge on any atom is 0.192 e. The van der Waals surface area contributed by atoms with Crippen molar-refractivity contribution in [3.05, 3.63) is 0 Å². The molecule has 33 heavy (non-hydrogen) atoms. The molecule has 1 heterocycles. The fourth-order valence-electron chi connectivity index (χ4n) is 2.99. The van der Waals surface area contributed by atoms with Crippen LogP contribution >= 0.6 is 0 Å². The molecule has 0 bridgehead atoms. The fraction of sp³-hybridized carbons (Fsp3) is 1.00. The minimum absolute atomic E-state index is 0.0274. The summed E-state index contributed by atoms with van der Waals surface area (Å²) in [5.41, 5.74) is 0. The van der Waals surface area contributed by atoms with Crippen LogP contribution in [0.15, 0.2) is 0 Å². The van der Waals surface area contributed by atoms with Crippen LogP contribution in [0.3, 0.4) is 0 Å². The number of aliphatic hydroxyl groups is 2. The van der Waals surface area contributed by atoms with Gasteiger partial charge in [0.25, 0.3) is 0 Å². The van der Waals surface area contributed by atoms with Crippen molar-refractivity contribution in [2.45, 2.75) is 147 Å². The molecule has 0 aromatic carbocycles. The summed E-state index contributed by atoms with van der Waals surface area (Å²) in [4.78, 5) is 0. The van der Waals surface area contributed by atoms with Crippen LogP contribution in [0.1, 0.15) is 62.3 Å². The molecule has 198 valence electrons. The van der Waals surface area contributed by atoms with Gasteiger partial charge in [-0.1, -0.05) is 62.3 Å². The smallest absolute Gasteiger partial charge is 0.192 e. The van der Waals surface area contributed by atoms with Crippen LogP contribution in [0.4, 0.5) is 0 Å². The molecule has 0 aromatic rings. The average Bonchev–Trinajstić information content (AvgIpc) is 2.56. The highest BCUT2D eigenvalue weighted by Gasteiger charge is 2.55. The Hall–Kier alpha value is 0.411. The normalized spacial score (nSPS) is 28.8. The summed E-state index contributed by atoms with van der Waals surface area (Å²) in [6.07, 6.45) is -3.61. The van der Waals surface area contributed by atoms with Crippen LogP contribution in [-0.4, -0.2) is 72.5 Å². The first-order valence-corrected chi connectivity index (χ1v) is 21.1. The zero-order valence-corrected chi connectivity index (χ0v) is 27.1. The number of hydrogen-bond acceptors (Lipinski definition) is 6. The average molecular weight is 523 g/mol. The molecule has 0 spiro atoms. The number of rotatable bonds is 7. The molecule has 0 aromatic heterocycles. The van der Waals surface area contributed by atoms with Crippen LogP contribution in [0, 0.1) is 0 Å². The van der Waals surface area contributed by atoms with E-state index in [-0.39, 0.29) is 21.7 Å². The zero-order valence-electron chi connectivity index (χ0n) is 24.1. The summed E-state index contributed by atoms with van der Waals surface area (Å²) in [5, 5.41) is 21.2. The van der Waals surface area contributed by atoms with Crippen LogP contribution < -0.4 is 0 Å². The third kappa shape index (κ3) is 7.22. The molecule has 1 aliphatic heterocycles. The van der Waals surface area contributed by atoms with Crippen molar-refractivity contribution in [2.75, 3.05) is 6.61 Å². The lowest BCUT2D eigenvalue weighted by atomic mass is 9.99. The van der Waals surface area contributed by atoms with Crippen molar-refractivity contribution in [3.63, 3.8) is 0 Å². The first kappa shape index (κ1) is 31.4. The second-order valence-electron chi connectivity index (χ2n) is 14.3. The van der Waals surface area contributed by atoms with Gasteiger partial charge in [0, 0.05) is 0 Å². The van der Waals surface area contributed by atoms with Gasteiger partial charge < -0.3 is 28.2 Å². The van der Waals surface area contributed by atoms with Gasteiger partial charge in [0.1, 0.15) is 24.4 Å². The molecular formula is C24H54O6Si3. The van der Waals surface area contributed by atoms with Crippen molar-refractivity contribution in [3.8, 4) is 0 Å². The molecule has 0 radical (unpaired) electrons. The van der Waals surface area contributed by atoms with Crippen LogP contribution in [-0.2, 0) is 18.0 Å². The molecule has 9 heteroatoms. The molecule has 1 fully saturated rings. The van der Waals surface area contributed by atoms with Crippen LogP contribution in [0.25, 0.3) is 0 Å². The maximum atomic E-state index is 11.1. The molecule has 0 unspecified atom stereocenters. The van der Waals surface area contributed by atoms with E-state index < -0.39 is 55.7 Å². The van der Waals surface area contributed by atoms with Gasteiger partial charge >= 0.3 is 0 Å². The molecule has 5 atom stereocenters. The number of hydrogen-bond donors (Lipinski definition) is 2. The van der Waals surface area contributed by atoms with Crippen LogP contribution in [0.2, 0.25) is 54.4 Å². The van der Waals surface area contributed by atoms with E-state index in [4.69, 9.17) is 18.0 Å². The van der Waals surface area contributed by atoms with Gasteiger partial charge in [0.15, 0.2) is 31.2 Å². The van der Waals surface area contributed by atoms with E-state index in [2.05, 4.69) is 102 Å². The standard InChI is InChI=1S/C24H54O6Si3/c1-22(2,3)31(10,11)28-18-17(16-25)27-21(26)20(30-33(14,15)24(7,8)9)19(18)29-32(12,13)23(4,5)6/h17-21,25-26H,16H2,1-15H3/t17-,18-,19-,20-,21-/m0/s1. The minimum Gasteiger partial charge on any atom is -0.408 e. The van der Waals surface area contributed by atoms with Gasteiger partial charge in [-0.05, 0) is 54.4 Å². The molecule has 1 saturated heterocycles. The number of ether oxygens (including phenoxy) is 1. The lowest BCUT2D eigenvalue weighted by Crippen LogP contribution is -2.67. The maximum absolute atomic E-state index is 11.1. The lowest BCUT2D eigenvalue weighted by molar-refractivity contribution is -0.277. The zero-order chi connectivity index (χ0) is 26.4. The van der Waals surface area contributed by atoms with Gasteiger partial charge in [0.2, 0.25) is 0 Å². The summed E-state index contributed by atoms with van der Waals surface area (Å²) >= 11 is 0. The van der Waals surface area contributed by atoms with Crippen molar-refractivity contribution >= 4 is 25.0 Å². The van der Waals surface area contributed by atoms with Gasteiger partial charge in [-0.15, -0.1) is 0 Å². The van der Waals surface area contributed by atoms with E-state index in [1.807, 2.05) is 0 Å². The largest absolute Gasteiger partial charge is 0.408 e. The Balaban J connectivity index is 3.58. The number of aliphatic hydroxyl groups excluding tert-OH is 2. The molecule has 1 aliphatic rings. The molecule has 2 N–H and O–H groups in total. The second kappa shape index (κ2) is 10.0. The SMILES string of the molecule is CC(C)(C)[Si](C)(C)O[C@H]1[C@@H](O[Si](C)(C)C(C)(C)C)[C@H](CO)O[C@H](O)[C@H]1O[Si](C)(C)C(C)(C)C. The highest BCUT2D eigenvalue weighted by molar-refractivity contribution is 6.75. The van der Waals surface area contributed by atoms with E-state index in [9.17, 15) is 10.2 Å². The Labute approximate surface area is 207 Å². The highest BCUT2D eigenvalue weighted by Crippen LogP contribution is 2.45. The van der Waals surface area contributed by atoms with Gasteiger partial charge in [-0.25, -0.2) is 0 Å². The van der Waals surface area contributed by atoms with Gasteiger partial charge in [-0.3, -0.25) is 0 Å². The highest BCUT2D eigenvalue weighted by atomic mass is 28.4. The Morgan fingerprint density at radius 3 is 1.21 bits per heavy atom. The molecule has 6 nitrogen and oxygen atoms in total. The van der Waals surface area contributed by atoms with Gasteiger partial charge in [0.05, 0.1) is 6.61 Å². The third-order valence-corrected chi connectivity index (χ3v) is 21.9. The third-order valence-electron chi connectivity index (χ3n) is 8.50. The van der Waals surface area contributed by atoms with Crippen LogP contribution in [0.5, 0.6) is 0 Å². The monoisotopic (exact) mass is 522 g/mol. The summed E-state index contributed by atoms with van der Waals surface area (Å²) < 4.78 is 26.6. The van der Waals surface area contributed by atoms with Crippen molar-refractivity contribution in [1.82, 2.24) is 0 Å². The van der Waals surface area contributed by atoms with E-state index in [1.54, 1.807) is 0 Å². The Kier molecular flexibility index (Phi) is 9.57. The fourth-order valence-corrected chi connectivity index (χ4v) is 6.90. The van der Waals surface area contributed by atoms with Crippen molar-refractivity contribution in [2.24, 2.45) is 0 Å². The topological polar surface area (TPSA) is 77.4 Å². The van der Waals surface area contributed by atoms with E-state index in [0.717, 1.165) is 0 Å². The Bertz CT molecular complexity index is 646. The summed E-state index contributed by atoms with van der Waals surface area (Å²) in [6, 6.07) is 0. The summed E-state index contributed by atoms with van der Waals surface area (Å²) in [5.74, 6) is 0. The summed E-state index contributed by atoms with van der Waals surface area (Å²) in [7, 11) is -6.78. The second-order valence-corrected chi connectivity index (χ2v) is 28.5. The van der Waals surface area contributed by atoms with E-state index in [0.29, 0.717) is 0 Å². The predicted octanol–water partition coefficient (Wildman–Crippen LogP) is 5.87. The van der Waals surface area contributed by atoms with Gasteiger partial charge in [-0.2, -0.15) is 0 Å². The first-order chi connectivity index (χ1) is 14.4. The Morgan fingerprint density at radius 1 is 0.606 bits per heavy atom. The van der Waals surface area contributed by atoms with E-state index in [1.165, 1.54) is 0 Å². The molecule has 0 saturated carbocycles. The molecule has 0 aliphatic carbocycles. The molecule has 0 amide bonds. The molecular weight excluding hydrogens is 469 g/mol. The predicted molar refractivity (Wildman–Crippen MR) is 144 cm³/mol. The van der Waals surface area contributed by atoms with E-state index >= 15 is 0 Å². The quantitative estimate of drug-likeness (QED) is 0.407. The Morgan fingerprint density at radius 2 is 0.909 bits per heavy atom. The van der Waals surface area contributed by atoms with Crippen molar-refractivity contribution in [1.29, 1.82) is 0 Å². The first-order valence-electron chi connectivity index (χ1n) is 12.4. The minimum atomic E-state index is -2.27. The lowest BCUT2D eigenvalue weighted by Gasteiger charge is -2.53. The molecule has 1 rings (SSSR count). The summed E-state index contributed by atoms with van der Waals surface area (Å²) in [6.45, 7) is 32.6. The van der Waals surface area contributed by atoms with Crippen molar-refractivity contribution < 1.29 is 28.2 Å².